The topological polar surface area (TPSA) is 32.3 Å². The molecule has 1 aliphatic heterocycles. The van der Waals surface area contributed by atoms with Crippen LogP contribution in [-0.2, 0) is 4.79 Å². The van der Waals surface area contributed by atoms with Crippen LogP contribution >= 0.6 is 0 Å². The van der Waals surface area contributed by atoms with Crippen LogP contribution < -0.4 is 5.32 Å². The molecule has 3 heteroatoms. The lowest BCUT2D eigenvalue weighted by Gasteiger charge is -2.39. The average Bonchev–Trinajstić information content (AvgIpc) is 2.19. The third-order valence-electron chi connectivity index (χ3n) is 3.29. The zero-order chi connectivity index (χ0) is 10.6. The van der Waals surface area contributed by atoms with E-state index in [9.17, 15) is 4.79 Å². The molecule has 0 atom stereocenters. The summed E-state index contributed by atoms with van der Waals surface area (Å²) in [5.41, 5.74) is 0.239. The maximum absolute atomic E-state index is 11.6. The van der Waals surface area contributed by atoms with Gasteiger partial charge in [-0.3, -0.25) is 4.79 Å². The predicted octanol–water partition coefficient (Wildman–Crippen LogP) is 1.39. The van der Waals surface area contributed by atoms with Gasteiger partial charge in [0.05, 0.1) is 0 Å². The molecular formula is C11H22N2O. The van der Waals surface area contributed by atoms with Crippen LogP contribution in [0.4, 0.5) is 0 Å². The van der Waals surface area contributed by atoms with E-state index in [1.807, 2.05) is 11.9 Å². The summed E-state index contributed by atoms with van der Waals surface area (Å²) in [6.07, 6.45) is 3.80. The van der Waals surface area contributed by atoms with Gasteiger partial charge in [0, 0.05) is 25.0 Å². The van der Waals surface area contributed by atoms with Crippen LogP contribution in [0.2, 0.25) is 0 Å². The molecule has 0 aromatic heterocycles. The molecule has 0 saturated carbocycles. The van der Waals surface area contributed by atoms with Crippen LogP contribution in [0.1, 0.15) is 39.5 Å². The molecule has 1 saturated heterocycles. The second-order valence-corrected chi connectivity index (χ2v) is 4.44. The number of carbonyl (C=O) groups is 1. The summed E-state index contributed by atoms with van der Waals surface area (Å²) in [7, 11) is 2.00. The van der Waals surface area contributed by atoms with E-state index >= 15 is 0 Å². The van der Waals surface area contributed by atoms with Crippen molar-refractivity contribution >= 4 is 5.91 Å². The molecule has 14 heavy (non-hydrogen) atoms. The highest BCUT2D eigenvalue weighted by molar-refractivity contribution is 5.76. The molecule has 0 aromatic rings. The Hall–Kier alpha value is -0.570. The standard InChI is InChI=1S/C11H22N2O/c1-4-5-10(14)13-8-6-11(2,12-3)7-9-13/h12H,4-9H2,1-3H3. The molecule has 1 rings (SSSR count). The monoisotopic (exact) mass is 198 g/mol. The number of nitrogens with zero attached hydrogens (tertiary/aromatic N) is 1. The minimum atomic E-state index is 0.239. The average molecular weight is 198 g/mol. The summed E-state index contributed by atoms with van der Waals surface area (Å²) < 4.78 is 0. The summed E-state index contributed by atoms with van der Waals surface area (Å²) in [6, 6.07) is 0. The molecule has 82 valence electrons. The first-order valence-electron chi connectivity index (χ1n) is 5.58. The van der Waals surface area contributed by atoms with E-state index in [4.69, 9.17) is 0 Å². The van der Waals surface area contributed by atoms with E-state index in [1.54, 1.807) is 0 Å². The van der Waals surface area contributed by atoms with E-state index in [0.717, 1.165) is 32.4 Å². The van der Waals surface area contributed by atoms with Crippen molar-refractivity contribution in [1.82, 2.24) is 10.2 Å². The van der Waals surface area contributed by atoms with Gasteiger partial charge in [-0.25, -0.2) is 0 Å². The Balaban J connectivity index is 2.39. The Morgan fingerprint density at radius 2 is 2.00 bits per heavy atom. The molecular weight excluding hydrogens is 176 g/mol. The van der Waals surface area contributed by atoms with Crippen molar-refractivity contribution in [3.8, 4) is 0 Å². The summed E-state index contributed by atoms with van der Waals surface area (Å²) in [4.78, 5) is 13.6. The van der Waals surface area contributed by atoms with Gasteiger partial charge < -0.3 is 10.2 Å². The summed E-state index contributed by atoms with van der Waals surface area (Å²) in [5.74, 6) is 0.325. The molecule has 1 fully saturated rings. The minimum Gasteiger partial charge on any atom is -0.343 e. The fourth-order valence-corrected chi connectivity index (χ4v) is 1.87. The molecule has 1 N–H and O–H groups in total. The van der Waals surface area contributed by atoms with E-state index in [-0.39, 0.29) is 5.54 Å². The maximum Gasteiger partial charge on any atom is 0.222 e. The van der Waals surface area contributed by atoms with E-state index in [2.05, 4.69) is 19.2 Å². The Morgan fingerprint density at radius 1 is 1.43 bits per heavy atom. The normalized spacial score (nSPS) is 20.9. The quantitative estimate of drug-likeness (QED) is 0.743. The zero-order valence-corrected chi connectivity index (χ0v) is 9.60. The van der Waals surface area contributed by atoms with Crippen LogP contribution in [0, 0.1) is 0 Å². The molecule has 1 aliphatic rings. The SMILES string of the molecule is CCCC(=O)N1CCC(C)(NC)CC1. The number of amides is 1. The Kier molecular flexibility index (Phi) is 3.93. The number of carbonyl (C=O) groups excluding carboxylic acids is 1. The van der Waals surface area contributed by atoms with Gasteiger partial charge in [-0.15, -0.1) is 0 Å². The molecule has 0 unspecified atom stereocenters. The highest BCUT2D eigenvalue weighted by Crippen LogP contribution is 2.21. The number of hydrogen-bond acceptors (Lipinski definition) is 2. The number of rotatable bonds is 3. The summed E-state index contributed by atoms with van der Waals surface area (Å²) in [6.45, 7) is 6.11. The van der Waals surface area contributed by atoms with Crippen LogP contribution in [0.25, 0.3) is 0 Å². The fourth-order valence-electron chi connectivity index (χ4n) is 1.87. The predicted molar refractivity (Wildman–Crippen MR) is 58.2 cm³/mol. The van der Waals surface area contributed by atoms with Gasteiger partial charge in [-0.1, -0.05) is 6.92 Å². The van der Waals surface area contributed by atoms with Crippen molar-refractivity contribution in [2.45, 2.75) is 45.1 Å². The highest BCUT2D eigenvalue weighted by atomic mass is 16.2. The first-order chi connectivity index (χ1) is 6.61. The van der Waals surface area contributed by atoms with Gasteiger partial charge in [0.25, 0.3) is 0 Å². The van der Waals surface area contributed by atoms with Crippen molar-refractivity contribution in [3.63, 3.8) is 0 Å². The molecule has 1 heterocycles. The molecule has 3 nitrogen and oxygen atoms in total. The smallest absolute Gasteiger partial charge is 0.222 e. The fraction of sp³-hybridized carbons (Fsp3) is 0.909. The van der Waals surface area contributed by atoms with Crippen molar-refractivity contribution < 1.29 is 4.79 Å². The van der Waals surface area contributed by atoms with E-state index in [1.165, 1.54) is 0 Å². The van der Waals surface area contributed by atoms with Crippen LogP contribution in [0.3, 0.4) is 0 Å². The third-order valence-corrected chi connectivity index (χ3v) is 3.29. The lowest BCUT2D eigenvalue weighted by molar-refractivity contribution is -0.132. The van der Waals surface area contributed by atoms with Crippen molar-refractivity contribution in [1.29, 1.82) is 0 Å². The number of piperidine rings is 1. The van der Waals surface area contributed by atoms with Crippen LogP contribution in [-0.4, -0.2) is 36.5 Å². The van der Waals surface area contributed by atoms with Crippen LogP contribution in [0.15, 0.2) is 0 Å². The van der Waals surface area contributed by atoms with Crippen molar-refractivity contribution in [3.05, 3.63) is 0 Å². The minimum absolute atomic E-state index is 0.239. The number of hydrogen-bond donors (Lipinski definition) is 1. The lowest BCUT2D eigenvalue weighted by atomic mass is 9.90. The number of nitrogens with one attached hydrogen (secondary N) is 1. The molecule has 0 radical (unpaired) electrons. The second kappa shape index (κ2) is 4.78. The van der Waals surface area contributed by atoms with E-state index < -0.39 is 0 Å². The summed E-state index contributed by atoms with van der Waals surface area (Å²) >= 11 is 0. The van der Waals surface area contributed by atoms with Gasteiger partial charge >= 0.3 is 0 Å². The van der Waals surface area contributed by atoms with Gasteiger partial charge in [-0.05, 0) is 33.2 Å². The molecule has 1 amide bonds. The maximum atomic E-state index is 11.6. The molecule has 0 spiro atoms. The summed E-state index contributed by atoms with van der Waals surface area (Å²) in [5, 5.41) is 3.33. The van der Waals surface area contributed by atoms with Gasteiger partial charge in [-0.2, -0.15) is 0 Å². The Bertz CT molecular complexity index is 195. The molecule has 0 aliphatic carbocycles. The molecule has 0 aromatic carbocycles. The largest absolute Gasteiger partial charge is 0.343 e. The second-order valence-electron chi connectivity index (χ2n) is 4.44. The van der Waals surface area contributed by atoms with Gasteiger partial charge in [0.1, 0.15) is 0 Å². The molecule has 0 bridgehead atoms. The van der Waals surface area contributed by atoms with Gasteiger partial charge in [0.2, 0.25) is 5.91 Å². The van der Waals surface area contributed by atoms with E-state index in [0.29, 0.717) is 12.3 Å². The zero-order valence-electron chi connectivity index (χ0n) is 9.60. The van der Waals surface area contributed by atoms with Gasteiger partial charge in [0.15, 0.2) is 0 Å². The van der Waals surface area contributed by atoms with Crippen molar-refractivity contribution in [2.75, 3.05) is 20.1 Å². The first-order valence-corrected chi connectivity index (χ1v) is 5.58. The van der Waals surface area contributed by atoms with Crippen molar-refractivity contribution in [2.24, 2.45) is 0 Å². The van der Waals surface area contributed by atoms with Crippen LogP contribution in [0.5, 0.6) is 0 Å². The Morgan fingerprint density at radius 3 is 2.43 bits per heavy atom. The first kappa shape index (κ1) is 11.5. The highest BCUT2D eigenvalue weighted by Gasteiger charge is 2.29. The Labute approximate surface area is 86.9 Å². The third kappa shape index (κ3) is 2.71. The lowest BCUT2D eigenvalue weighted by Crippen LogP contribution is -2.51. The number of likely N-dealkylation sites (tertiary alicyclic amines) is 1.